The van der Waals surface area contributed by atoms with E-state index in [1.807, 2.05) is 0 Å². The quantitative estimate of drug-likeness (QED) is 0.803. The highest BCUT2D eigenvalue weighted by atomic mass is 16.2. The molecule has 1 aromatic heterocycles. The van der Waals surface area contributed by atoms with Crippen LogP contribution in [0, 0.1) is 5.92 Å². The first-order valence-electron chi connectivity index (χ1n) is 5.51. The van der Waals surface area contributed by atoms with Gasteiger partial charge in [0.15, 0.2) is 0 Å². The van der Waals surface area contributed by atoms with Crippen molar-refractivity contribution in [2.75, 3.05) is 13.1 Å². The van der Waals surface area contributed by atoms with Crippen molar-refractivity contribution >= 4 is 5.91 Å². The van der Waals surface area contributed by atoms with Crippen LogP contribution in [0.5, 0.6) is 0 Å². The minimum Gasteiger partial charge on any atom is -0.335 e. The number of aromatic nitrogens is 1. The van der Waals surface area contributed by atoms with E-state index >= 15 is 0 Å². The largest absolute Gasteiger partial charge is 0.335 e. The number of pyridine rings is 1. The third kappa shape index (κ3) is 1.80. The second-order valence-electron chi connectivity index (χ2n) is 4.79. The van der Waals surface area contributed by atoms with E-state index in [9.17, 15) is 4.79 Å². The molecule has 0 bridgehead atoms. The molecule has 1 amide bonds. The van der Waals surface area contributed by atoms with Gasteiger partial charge in [0.25, 0.3) is 5.91 Å². The third-order valence-corrected chi connectivity index (χ3v) is 3.32. The lowest BCUT2D eigenvalue weighted by atomic mass is 9.80. The zero-order valence-electron chi connectivity index (χ0n) is 9.68. The van der Waals surface area contributed by atoms with Crippen LogP contribution in [0.2, 0.25) is 0 Å². The maximum Gasteiger partial charge on any atom is 0.255 e. The van der Waals surface area contributed by atoms with E-state index in [2.05, 4.69) is 18.8 Å². The van der Waals surface area contributed by atoms with Crippen LogP contribution in [0.15, 0.2) is 24.5 Å². The fourth-order valence-electron chi connectivity index (χ4n) is 1.84. The van der Waals surface area contributed by atoms with Gasteiger partial charge >= 0.3 is 0 Å². The van der Waals surface area contributed by atoms with Crippen LogP contribution in [0.1, 0.15) is 24.2 Å². The zero-order valence-corrected chi connectivity index (χ0v) is 9.68. The molecule has 1 aliphatic rings. The molecule has 0 unspecified atom stereocenters. The van der Waals surface area contributed by atoms with Gasteiger partial charge in [0, 0.05) is 25.5 Å². The highest BCUT2D eigenvalue weighted by Crippen LogP contribution is 2.27. The SMILES string of the molecule is CC(C)C1(N)CN(C(=O)c2cccnc2)C1. The molecular formula is C12H17N3O. The summed E-state index contributed by atoms with van der Waals surface area (Å²) in [5, 5.41) is 0. The highest BCUT2D eigenvalue weighted by Gasteiger charge is 2.44. The molecule has 0 saturated carbocycles. The molecule has 4 nitrogen and oxygen atoms in total. The predicted molar refractivity (Wildman–Crippen MR) is 61.9 cm³/mol. The Labute approximate surface area is 95.5 Å². The van der Waals surface area contributed by atoms with Gasteiger partial charge < -0.3 is 10.6 Å². The average molecular weight is 219 g/mol. The highest BCUT2D eigenvalue weighted by molar-refractivity contribution is 5.94. The molecule has 0 aliphatic carbocycles. The summed E-state index contributed by atoms with van der Waals surface area (Å²) in [6.07, 6.45) is 3.25. The number of hydrogen-bond acceptors (Lipinski definition) is 3. The fraction of sp³-hybridized carbons (Fsp3) is 0.500. The minimum absolute atomic E-state index is 0.0230. The Kier molecular flexibility index (Phi) is 2.68. The number of likely N-dealkylation sites (tertiary alicyclic amines) is 1. The predicted octanol–water partition coefficient (Wildman–Crippen LogP) is 0.891. The number of rotatable bonds is 2. The molecule has 4 heteroatoms. The monoisotopic (exact) mass is 219 g/mol. The van der Waals surface area contributed by atoms with Crippen LogP contribution in [-0.4, -0.2) is 34.4 Å². The number of carbonyl (C=O) groups excluding carboxylic acids is 1. The van der Waals surface area contributed by atoms with E-state index in [1.165, 1.54) is 0 Å². The van der Waals surface area contributed by atoms with E-state index in [4.69, 9.17) is 5.73 Å². The number of amides is 1. The summed E-state index contributed by atoms with van der Waals surface area (Å²) in [7, 11) is 0. The van der Waals surface area contributed by atoms with Gasteiger partial charge in [-0.3, -0.25) is 9.78 Å². The lowest BCUT2D eigenvalue weighted by Gasteiger charge is -2.50. The van der Waals surface area contributed by atoms with Crippen molar-refractivity contribution in [2.24, 2.45) is 11.7 Å². The van der Waals surface area contributed by atoms with Crippen LogP contribution in [0.25, 0.3) is 0 Å². The van der Waals surface area contributed by atoms with Crippen molar-refractivity contribution in [2.45, 2.75) is 19.4 Å². The molecule has 2 heterocycles. The lowest BCUT2D eigenvalue weighted by Crippen LogP contribution is -2.71. The molecule has 0 atom stereocenters. The van der Waals surface area contributed by atoms with E-state index < -0.39 is 0 Å². The summed E-state index contributed by atoms with van der Waals surface area (Å²) in [6, 6.07) is 3.55. The van der Waals surface area contributed by atoms with Crippen molar-refractivity contribution in [1.82, 2.24) is 9.88 Å². The van der Waals surface area contributed by atoms with Gasteiger partial charge in [0.2, 0.25) is 0 Å². The molecule has 0 radical (unpaired) electrons. The van der Waals surface area contributed by atoms with Gasteiger partial charge in [-0.25, -0.2) is 0 Å². The van der Waals surface area contributed by atoms with E-state index in [0.717, 1.165) is 0 Å². The summed E-state index contributed by atoms with van der Waals surface area (Å²) in [5.74, 6) is 0.417. The Morgan fingerprint density at radius 2 is 2.25 bits per heavy atom. The Balaban J connectivity index is 2.01. The van der Waals surface area contributed by atoms with Gasteiger partial charge in [0.05, 0.1) is 11.1 Å². The fourth-order valence-corrected chi connectivity index (χ4v) is 1.84. The molecule has 0 spiro atoms. The van der Waals surface area contributed by atoms with E-state index in [1.54, 1.807) is 29.4 Å². The van der Waals surface area contributed by atoms with Crippen molar-refractivity contribution in [3.05, 3.63) is 30.1 Å². The number of hydrogen-bond donors (Lipinski definition) is 1. The molecule has 1 aliphatic heterocycles. The van der Waals surface area contributed by atoms with Gasteiger partial charge in [-0.1, -0.05) is 13.8 Å². The molecule has 0 aromatic carbocycles. The van der Waals surface area contributed by atoms with Gasteiger partial charge in [0.1, 0.15) is 0 Å². The number of nitrogens with two attached hydrogens (primary N) is 1. The van der Waals surface area contributed by atoms with Crippen molar-refractivity contribution in [3.8, 4) is 0 Å². The van der Waals surface area contributed by atoms with Crippen LogP contribution < -0.4 is 5.73 Å². The van der Waals surface area contributed by atoms with Crippen LogP contribution in [0.4, 0.5) is 0 Å². The van der Waals surface area contributed by atoms with Crippen LogP contribution in [-0.2, 0) is 0 Å². The summed E-state index contributed by atoms with van der Waals surface area (Å²) >= 11 is 0. The maximum atomic E-state index is 12.0. The summed E-state index contributed by atoms with van der Waals surface area (Å²) in [6.45, 7) is 5.45. The smallest absolute Gasteiger partial charge is 0.255 e. The second-order valence-corrected chi connectivity index (χ2v) is 4.79. The molecular weight excluding hydrogens is 202 g/mol. The lowest BCUT2D eigenvalue weighted by molar-refractivity contribution is 0.0274. The third-order valence-electron chi connectivity index (χ3n) is 3.32. The Bertz CT molecular complexity index is 383. The molecule has 1 saturated heterocycles. The Morgan fingerprint density at radius 1 is 1.56 bits per heavy atom. The number of carbonyl (C=O) groups is 1. The topological polar surface area (TPSA) is 59.2 Å². The van der Waals surface area contributed by atoms with Crippen molar-refractivity contribution in [3.63, 3.8) is 0 Å². The molecule has 2 N–H and O–H groups in total. The average Bonchev–Trinajstić information content (AvgIpc) is 2.25. The number of nitrogens with zero attached hydrogens (tertiary/aromatic N) is 2. The molecule has 1 fully saturated rings. The second kappa shape index (κ2) is 3.87. The molecule has 86 valence electrons. The van der Waals surface area contributed by atoms with Crippen LogP contribution in [0.3, 0.4) is 0 Å². The molecule has 2 rings (SSSR count). The Hall–Kier alpha value is -1.42. The first kappa shape index (κ1) is 11.1. The summed E-state index contributed by atoms with van der Waals surface area (Å²) in [4.78, 5) is 17.7. The van der Waals surface area contributed by atoms with Gasteiger partial charge in [-0.2, -0.15) is 0 Å². The standard InChI is InChI=1S/C12H17N3O/c1-9(2)12(13)7-15(8-12)11(16)10-4-3-5-14-6-10/h3-6,9H,7-8,13H2,1-2H3. The first-order chi connectivity index (χ1) is 7.53. The van der Waals surface area contributed by atoms with Gasteiger partial charge in [-0.15, -0.1) is 0 Å². The molecule has 1 aromatic rings. The molecule has 16 heavy (non-hydrogen) atoms. The van der Waals surface area contributed by atoms with E-state index in [-0.39, 0.29) is 11.4 Å². The van der Waals surface area contributed by atoms with Gasteiger partial charge in [-0.05, 0) is 18.1 Å². The van der Waals surface area contributed by atoms with Crippen LogP contribution >= 0.6 is 0 Å². The minimum atomic E-state index is -0.210. The summed E-state index contributed by atoms with van der Waals surface area (Å²) in [5.41, 5.74) is 6.56. The van der Waals surface area contributed by atoms with E-state index in [0.29, 0.717) is 24.6 Å². The zero-order chi connectivity index (χ0) is 11.8. The van der Waals surface area contributed by atoms with Crippen molar-refractivity contribution in [1.29, 1.82) is 0 Å². The first-order valence-corrected chi connectivity index (χ1v) is 5.51. The van der Waals surface area contributed by atoms with Crippen molar-refractivity contribution < 1.29 is 4.79 Å². The normalized spacial score (nSPS) is 18.4. The maximum absolute atomic E-state index is 12.0. The summed E-state index contributed by atoms with van der Waals surface area (Å²) < 4.78 is 0. The Morgan fingerprint density at radius 3 is 2.75 bits per heavy atom.